The molecule has 0 atom stereocenters. The van der Waals surface area contributed by atoms with E-state index in [4.69, 9.17) is 0 Å². The van der Waals surface area contributed by atoms with Crippen LogP contribution in [0.15, 0.2) is 16.6 Å². The Labute approximate surface area is 86.5 Å². The van der Waals surface area contributed by atoms with Gasteiger partial charge in [0, 0.05) is 0 Å². The zero-order valence-electron chi connectivity index (χ0n) is 7.82. The van der Waals surface area contributed by atoms with Crippen molar-refractivity contribution in [1.29, 1.82) is 0 Å². The standard InChI is InChI=1S/C10H13BrFN/c1-7-3-4-8(5-6-13-2)9(11)10(7)12/h3-4,13H,5-6H2,1-2H3. The minimum Gasteiger partial charge on any atom is -0.319 e. The first kappa shape index (κ1) is 10.7. The van der Waals surface area contributed by atoms with Crippen LogP contribution in [0.2, 0.25) is 0 Å². The molecule has 0 aliphatic heterocycles. The van der Waals surface area contributed by atoms with Gasteiger partial charge in [-0.25, -0.2) is 4.39 Å². The van der Waals surface area contributed by atoms with Crippen LogP contribution in [0, 0.1) is 12.7 Å². The SMILES string of the molecule is CNCCc1ccc(C)c(F)c1Br. The summed E-state index contributed by atoms with van der Waals surface area (Å²) in [5.74, 6) is -0.145. The fourth-order valence-corrected chi connectivity index (χ4v) is 1.78. The second-order valence-electron chi connectivity index (χ2n) is 3.02. The van der Waals surface area contributed by atoms with Gasteiger partial charge < -0.3 is 5.32 Å². The van der Waals surface area contributed by atoms with Crippen molar-refractivity contribution in [2.75, 3.05) is 13.6 Å². The average Bonchev–Trinajstić information content (AvgIpc) is 2.13. The highest BCUT2D eigenvalue weighted by Crippen LogP contribution is 2.23. The van der Waals surface area contributed by atoms with Gasteiger partial charge in [0.1, 0.15) is 5.82 Å². The van der Waals surface area contributed by atoms with Crippen molar-refractivity contribution in [3.05, 3.63) is 33.5 Å². The molecule has 1 nitrogen and oxygen atoms in total. The first-order valence-electron chi connectivity index (χ1n) is 4.25. The molecule has 0 amide bonds. The van der Waals surface area contributed by atoms with Gasteiger partial charge in [0.2, 0.25) is 0 Å². The molecule has 1 aromatic carbocycles. The van der Waals surface area contributed by atoms with Crippen LogP contribution in [0.4, 0.5) is 4.39 Å². The largest absolute Gasteiger partial charge is 0.319 e. The Morgan fingerprint density at radius 2 is 2.15 bits per heavy atom. The smallest absolute Gasteiger partial charge is 0.140 e. The number of benzene rings is 1. The molecule has 0 saturated carbocycles. The van der Waals surface area contributed by atoms with E-state index in [1.807, 2.05) is 19.2 Å². The summed E-state index contributed by atoms with van der Waals surface area (Å²) in [4.78, 5) is 0. The van der Waals surface area contributed by atoms with Crippen LogP contribution < -0.4 is 5.32 Å². The maximum Gasteiger partial charge on any atom is 0.140 e. The predicted molar refractivity (Wildman–Crippen MR) is 56.5 cm³/mol. The summed E-state index contributed by atoms with van der Waals surface area (Å²) in [6.07, 6.45) is 0.842. The Morgan fingerprint density at radius 1 is 1.46 bits per heavy atom. The lowest BCUT2D eigenvalue weighted by Gasteiger charge is -2.06. The molecule has 13 heavy (non-hydrogen) atoms. The van der Waals surface area contributed by atoms with E-state index < -0.39 is 0 Å². The van der Waals surface area contributed by atoms with E-state index in [1.165, 1.54) is 0 Å². The van der Waals surface area contributed by atoms with Crippen LogP contribution in [0.25, 0.3) is 0 Å². The van der Waals surface area contributed by atoms with Crippen molar-refractivity contribution in [2.24, 2.45) is 0 Å². The topological polar surface area (TPSA) is 12.0 Å². The average molecular weight is 246 g/mol. The van der Waals surface area contributed by atoms with Gasteiger partial charge in [-0.3, -0.25) is 0 Å². The third-order valence-corrected chi connectivity index (χ3v) is 2.86. The van der Waals surface area contributed by atoms with Crippen molar-refractivity contribution < 1.29 is 4.39 Å². The Balaban J connectivity index is 2.90. The molecular weight excluding hydrogens is 233 g/mol. The molecule has 0 heterocycles. The molecule has 0 aromatic heterocycles. The van der Waals surface area contributed by atoms with Gasteiger partial charge in [0.15, 0.2) is 0 Å². The number of hydrogen-bond acceptors (Lipinski definition) is 1. The summed E-state index contributed by atoms with van der Waals surface area (Å²) in [5.41, 5.74) is 1.69. The second kappa shape index (κ2) is 4.72. The lowest BCUT2D eigenvalue weighted by Crippen LogP contribution is -2.11. The third-order valence-electron chi connectivity index (χ3n) is 2.00. The third kappa shape index (κ3) is 2.51. The highest BCUT2D eigenvalue weighted by Gasteiger charge is 2.07. The molecule has 0 spiro atoms. The number of halogens is 2. The molecule has 0 aliphatic carbocycles. The van der Waals surface area contributed by atoms with Crippen LogP contribution in [0.3, 0.4) is 0 Å². The van der Waals surface area contributed by atoms with E-state index in [2.05, 4.69) is 21.2 Å². The zero-order valence-corrected chi connectivity index (χ0v) is 9.41. The Morgan fingerprint density at radius 3 is 2.77 bits per heavy atom. The molecule has 0 aliphatic rings. The number of nitrogens with one attached hydrogen (secondary N) is 1. The molecule has 72 valence electrons. The first-order valence-corrected chi connectivity index (χ1v) is 5.04. The fraction of sp³-hybridized carbons (Fsp3) is 0.400. The summed E-state index contributed by atoms with van der Waals surface area (Å²) >= 11 is 3.26. The zero-order chi connectivity index (χ0) is 9.84. The van der Waals surface area contributed by atoms with Crippen LogP contribution in [-0.2, 0) is 6.42 Å². The van der Waals surface area contributed by atoms with Crippen molar-refractivity contribution in [3.63, 3.8) is 0 Å². The van der Waals surface area contributed by atoms with Gasteiger partial charge in [-0.2, -0.15) is 0 Å². The van der Waals surface area contributed by atoms with Crippen molar-refractivity contribution in [3.8, 4) is 0 Å². The molecule has 0 fully saturated rings. The minimum atomic E-state index is -0.145. The molecule has 0 saturated heterocycles. The molecule has 0 radical (unpaired) electrons. The van der Waals surface area contributed by atoms with E-state index in [-0.39, 0.29) is 5.82 Å². The van der Waals surface area contributed by atoms with Gasteiger partial charge in [-0.05, 0) is 54.0 Å². The number of rotatable bonds is 3. The number of aryl methyl sites for hydroxylation is 1. The van der Waals surface area contributed by atoms with Crippen LogP contribution in [0.1, 0.15) is 11.1 Å². The number of likely N-dealkylation sites (N-methyl/N-ethyl adjacent to an activating group) is 1. The fourth-order valence-electron chi connectivity index (χ4n) is 1.14. The molecule has 0 unspecified atom stereocenters. The van der Waals surface area contributed by atoms with E-state index in [0.29, 0.717) is 10.0 Å². The molecule has 1 rings (SSSR count). The summed E-state index contributed by atoms with van der Waals surface area (Å²) in [6, 6.07) is 3.77. The summed E-state index contributed by atoms with van der Waals surface area (Å²) in [6.45, 7) is 2.63. The normalized spacial score (nSPS) is 10.5. The molecule has 0 bridgehead atoms. The maximum atomic E-state index is 13.4. The van der Waals surface area contributed by atoms with E-state index in [9.17, 15) is 4.39 Å². The van der Waals surface area contributed by atoms with Crippen LogP contribution in [0.5, 0.6) is 0 Å². The highest BCUT2D eigenvalue weighted by molar-refractivity contribution is 9.10. The van der Waals surface area contributed by atoms with Gasteiger partial charge in [0.05, 0.1) is 4.47 Å². The van der Waals surface area contributed by atoms with Gasteiger partial charge >= 0.3 is 0 Å². The van der Waals surface area contributed by atoms with Crippen LogP contribution >= 0.6 is 15.9 Å². The molecule has 1 aromatic rings. The van der Waals surface area contributed by atoms with Crippen molar-refractivity contribution >= 4 is 15.9 Å². The summed E-state index contributed by atoms with van der Waals surface area (Å²) < 4.78 is 14.0. The predicted octanol–water partition coefficient (Wildman–Crippen LogP) is 2.66. The first-order chi connectivity index (χ1) is 6.16. The molecule has 3 heteroatoms. The maximum absolute atomic E-state index is 13.4. The second-order valence-corrected chi connectivity index (χ2v) is 3.82. The quantitative estimate of drug-likeness (QED) is 0.864. The Hall–Kier alpha value is -0.410. The highest BCUT2D eigenvalue weighted by atomic mass is 79.9. The lowest BCUT2D eigenvalue weighted by atomic mass is 10.1. The monoisotopic (exact) mass is 245 g/mol. The molecule has 1 N–H and O–H groups in total. The summed E-state index contributed by atoms with van der Waals surface area (Å²) in [7, 11) is 1.89. The number of hydrogen-bond donors (Lipinski definition) is 1. The lowest BCUT2D eigenvalue weighted by molar-refractivity contribution is 0.608. The van der Waals surface area contributed by atoms with E-state index in [1.54, 1.807) is 6.92 Å². The van der Waals surface area contributed by atoms with Crippen LogP contribution in [-0.4, -0.2) is 13.6 Å². The Bertz CT molecular complexity index is 299. The molecular formula is C10H13BrFN. The minimum absolute atomic E-state index is 0.145. The van der Waals surface area contributed by atoms with Gasteiger partial charge in [0.25, 0.3) is 0 Å². The van der Waals surface area contributed by atoms with Gasteiger partial charge in [-0.1, -0.05) is 12.1 Å². The van der Waals surface area contributed by atoms with E-state index in [0.717, 1.165) is 18.5 Å². The van der Waals surface area contributed by atoms with Crippen molar-refractivity contribution in [2.45, 2.75) is 13.3 Å². The van der Waals surface area contributed by atoms with Gasteiger partial charge in [-0.15, -0.1) is 0 Å². The summed E-state index contributed by atoms with van der Waals surface area (Å²) in [5, 5.41) is 3.03. The van der Waals surface area contributed by atoms with Crippen molar-refractivity contribution in [1.82, 2.24) is 5.32 Å². The van der Waals surface area contributed by atoms with E-state index >= 15 is 0 Å². The Kier molecular flexibility index (Phi) is 3.88.